The van der Waals surface area contributed by atoms with Gasteiger partial charge >= 0.3 is 0 Å². The number of rotatable bonds is 1. The lowest BCUT2D eigenvalue weighted by Gasteiger charge is -1.97. The molecule has 3 heteroatoms. The fourth-order valence-corrected chi connectivity index (χ4v) is 0.621. The van der Waals surface area contributed by atoms with Crippen LogP contribution >= 0.6 is 0 Å². The molecule has 0 aromatic carbocycles. The van der Waals surface area contributed by atoms with Gasteiger partial charge in [0.2, 0.25) is 0 Å². The largest absolute Gasteiger partial charge is 0.325 e. The molecule has 0 saturated heterocycles. The van der Waals surface area contributed by atoms with Crippen molar-refractivity contribution in [2.45, 2.75) is 6.54 Å². The molecule has 9 heavy (non-hydrogen) atoms. The van der Waals surface area contributed by atoms with Gasteiger partial charge in [-0.15, -0.1) is 0 Å². The van der Waals surface area contributed by atoms with E-state index in [9.17, 15) is 0 Å². The van der Waals surface area contributed by atoms with Crippen LogP contribution < -0.4 is 11.2 Å². The molecule has 0 fully saturated rings. The van der Waals surface area contributed by atoms with Crippen LogP contribution in [0.4, 0.5) is 0 Å². The van der Waals surface area contributed by atoms with E-state index in [0.29, 0.717) is 12.0 Å². The minimum Gasteiger partial charge on any atom is -0.325 e. The number of aromatic nitrogens is 1. The van der Waals surface area contributed by atoms with Crippen LogP contribution in [0, 0.1) is 0 Å². The smallest absolute Gasteiger partial charge is 0.116 e. The quantitative estimate of drug-likeness (QED) is 0.497. The first-order valence-corrected chi connectivity index (χ1v) is 2.74. The fourth-order valence-electron chi connectivity index (χ4n) is 0.621. The van der Waals surface area contributed by atoms with Crippen molar-refractivity contribution in [3.63, 3.8) is 0 Å². The third kappa shape index (κ3) is 1.30. The average molecular weight is 118 g/mol. The molecule has 0 aliphatic carbocycles. The highest BCUT2D eigenvalue weighted by Crippen LogP contribution is 1.84. The monoisotopic (exact) mass is 118 g/mol. The summed E-state index contributed by atoms with van der Waals surface area (Å²) >= 11 is 0. The number of pyridine rings is 1. The lowest BCUT2D eigenvalue weighted by molar-refractivity contribution is 1.00. The van der Waals surface area contributed by atoms with E-state index in [1.807, 2.05) is 0 Å². The molecular weight excluding hydrogens is 111 g/mol. The highest BCUT2D eigenvalue weighted by molar-refractivity contribution is 6.33. The van der Waals surface area contributed by atoms with Crippen molar-refractivity contribution >= 4 is 13.3 Å². The molecule has 0 unspecified atom stereocenters. The Morgan fingerprint density at radius 3 is 2.89 bits per heavy atom. The maximum absolute atomic E-state index is 5.49. The van der Waals surface area contributed by atoms with Crippen molar-refractivity contribution in [3.05, 3.63) is 24.0 Å². The molecule has 0 aliphatic heterocycles. The molecule has 0 amide bonds. The van der Waals surface area contributed by atoms with Gasteiger partial charge in [-0.2, -0.15) is 0 Å². The zero-order valence-electron chi connectivity index (χ0n) is 5.04. The Bertz CT molecular complexity index is 200. The van der Waals surface area contributed by atoms with Crippen molar-refractivity contribution in [3.8, 4) is 0 Å². The molecule has 1 rings (SSSR count). The maximum atomic E-state index is 5.49. The average Bonchev–Trinajstić information content (AvgIpc) is 1.89. The van der Waals surface area contributed by atoms with Gasteiger partial charge in [-0.25, -0.2) is 0 Å². The molecule has 0 saturated carbocycles. The lowest BCUT2D eigenvalue weighted by atomic mass is 9.94. The number of hydrogen-bond acceptors (Lipinski definition) is 2. The van der Waals surface area contributed by atoms with Crippen LogP contribution in [0.2, 0.25) is 0 Å². The molecule has 1 heterocycles. The molecule has 0 aliphatic rings. The van der Waals surface area contributed by atoms with Gasteiger partial charge in [0.1, 0.15) is 7.85 Å². The summed E-state index contributed by atoms with van der Waals surface area (Å²) in [6.45, 7) is 0.409. The van der Waals surface area contributed by atoms with E-state index in [-0.39, 0.29) is 0 Å². The van der Waals surface area contributed by atoms with Crippen LogP contribution in [0.3, 0.4) is 0 Å². The Morgan fingerprint density at radius 1 is 1.67 bits per heavy atom. The van der Waals surface area contributed by atoms with Gasteiger partial charge in [0.15, 0.2) is 0 Å². The Hall–Kier alpha value is -0.825. The first-order valence-electron chi connectivity index (χ1n) is 2.74. The topological polar surface area (TPSA) is 38.9 Å². The molecular formula is C6H7BN2. The minimum absolute atomic E-state index is 0.409. The minimum atomic E-state index is 0.409. The van der Waals surface area contributed by atoms with Gasteiger partial charge in [-0.05, 0) is 6.07 Å². The van der Waals surface area contributed by atoms with Gasteiger partial charge < -0.3 is 5.73 Å². The summed E-state index contributed by atoms with van der Waals surface area (Å²) in [6.07, 6.45) is 1.68. The van der Waals surface area contributed by atoms with Crippen LogP contribution in [0.15, 0.2) is 18.3 Å². The maximum Gasteiger partial charge on any atom is 0.116 e. The third-order valence-corrected chi connectivity index (χ3v) is 1.12. The molecule has 0 spiro atoms. The Morgan fingerprint density at radius 2 is 2.44 bits per heavy atom. The summed E-state index contributed by atoms with van der Waals surface area (Å²) < 4.78 is 0. The van der Waals surface area contributed by atoms with Crippen molar-refractivity contribution in [2.75, 3.05) is 0 Å². The Balaban J connectivity index is 3.01. The van der Waals surface area contributed by atoms with Crippen LogP contribution in [0.1, 0.15) is 5.69 Å². The summed E-state index contributed by atoms with van der Waals surface area (Å²) in [5, 5.41) is 0. The molecule has 2 nitrogen and oxygen atoms in total. The van der Waals surface area contributed by atoms with E-state index in [1.165, 1.54) is 0 Å². The van der Waals surface area contributed by atoms with Gasteiger partial charge in [-0.1, -0.05) is 11.5 Å². The predicted molar refractivity (Wildman–Crippen MR) is 37.5 cm³/mol. The van der Waals surface area contributed by atoms with Crippen LogP contribution in [-0.4, -0.2) is 12.8 Å². The normalized spacial score (nSPS) is 9.44. The van der Waals surface area contributed by atoms with Gasteiger partial charge in [-0.3, -0.25) is 4.98 Å². The van der Waals surface area contributed by atoms with Gasteiger partial charge in [0.05, 0.1) is 0 Å². The zero-order chi connectivity index (χ0) is 6.69. The second-order valence-electron chi connectivity index (χ2n) is 1.74. The van der Waals surface area contributed by atoms with Gasteiger partial charge in [0.25, 0.3) is 0 Å². The zero-order valence-corrected chi connectivity index (χ0v) is 5.04. The van der Waals surface area contributed by atoms with E-state index in [2.05, 4.69) is 4.98 Å². The lowest BCUT2D eigenvalue weighted by Crippen LogP contribution is -2.15. The molecule has 2 radical (unpaired) electrons. The third-order valence-electron chi connectivity index (χ3n) is 1.12. The summed E-state index contributed by atoms with van der Waals surface area (Å²) in [4.78, 5) is 3.95. The van der Waals surface area contributed by atoms with Gasteiger partial charge in [0, 0.05) is 18.4 Å². The van der Waals surface area contributed by atoms with E-state index in [1.54, 1.807) is 18.3 Å². The predicted octanol–water partition coefficient (Wildman–Crippen LogP) is -0.666. The molecule has 0 atom stereocenters. The van der Waals surface area contributed by atoms with Crippen molar-refractivity contribution < 1.29 is 0 Å². The summed E-state index contributed by atoms with van der Waals surface area (Å²) in [5.74, 6) is 0. The molecule has 44 valence electrons. The molecule has 0 bridgehead atoms. The van der Waals surface area contributed by atoms with E-state index in [4.69, 9.17) is 13.6 Å². The number of nitrogens with two attached hydrogens (primary N) is 1. The standard InChI is InChI=1S/C6H7BN2/c7-5-2-1-3-9-6(5)4-8/h1-3H,4,8H2. The van der Waals surface area contributed by atoms with E-state index < -0.39 is 0 Å². The van der Waals surface area contributed by atoms with Crippen LogP contribution in [-0.2, 0) is 6.54 Å². The highest BCUT2D eigenvalue weighted by Gasteiger charge is 1.91. The Labute approximate surface area is 55.5 Å². The van der Waals surface area contributed by atoms with Crippen LogP contribution in [0.5, 0.6) is 0 Å². The highest BCUT2D eigenvalue weighted by atomic mass is 14.7. The number of nitrogens with zero attached hydrogens (tertiary/aromatic N) is 1. The molecule has 1 aromatic rings. The summed E-state index contributed by atoms with van der Waals surface area (Å²) in [7, 11) is 5.49. The second kappa shape index (κ2) is 2.64. The van der Waals surface area contributed by atoms with Crippen molar-refractivity contribution in [2.24, 2.45) is 5.73 Å². The van der Waals surface area contributed by atoms with Crippen molar-refractivity contribution in [1.82, 2.24) is 4.98 Å². The SMILES string of the molecule is [B]c1cccnc1CN. The Kier molecular flexibility index (Phi) is 1.85. The van der Waals surface area contributed by atoms with Crippen LogP contribution in [0.25, 0.3) is 0 Å². The first kappa shape index (κ1) is 6.30. The van der Waals surface area contributed by atoms with Crippen molar-refractivity contribution in [1.29, 1.82) is 0 Å². The van der Waals surface area contributed by atoms with E-state index >= 15 is 0 Å². The fraction of sp³-hybridized carbons (Fsp3) is 0.167. The number of hydrogen-bond donors (Lipinski definition) is 1. The second-order valence-corrected chi connectivity index (χ2v) is 1.74. The summed E-state index contributed by atoms with van der Waals surface area (Å²) in [6, 6.07) is 3.57. The molecule has 1 aromatic heterocycles. The van der Waals surface area contributed by atoms with E-state index in [0.717, 1.165) is 5.69 Å². The molecule has 2 N–H and O–H groups in total. The first-order chi connectivity index (χ1) is 4.34. The summed E-state index contributed by atoms with van der Waals surface area (Å²) in [5.41, 5.74) is 6.74.